The van der Waals surface area contributed by atoms with Crippen molar-refractivity contribution in [2.24, 2.45) is 0 Å². The second kappa shape index (κ2) is 5.07. The summed E-state index contributed by atoms with van der Waals surface area (Å²) >= 11 is 3.33. The highest BCUT2D eigenvalue weighted by atomic mass is 79.9. The first-order valence-corrected chi connectivity index (χ1v) is 5.07. The van der Waals surface area contributed by atoms with Crippen LogP contribution in [0.5, 0.6) is 5.88 Å². The average Bonchev–Trinajstić information content (AvgIpc) is 2.09. The maximum absolute atomic E-state index is 5.53. The summed E-state index contributed by atoms with van der Waals surface area (Å²) in [5.74, 6) is 0.614. The van der Waals surface area contributed by atoms with Crippen LogP contribution >= 0.6 is 15.9 Å². The fourth-order valence-electron chi connectivity index (χ4n) is 0.860. The molecule has 0 saturated heterocycles. The van der Waals surface area contributed by atoms with Gasteiger partial charge in [-0.25, -0.2) is 4.98 Å². The normalized spacial score (nSPS) is 10.0. The van der Waals surface area contributed by atoms with Crippen LogP contribution in [0.25, 0.3) is 0 Å². The summed E-state index contributed by atoms with van der Waals surface area (Å²) in [7, 11) is 0. The van der Waals surface area contributed by atoms with Crippen LogP contribution in [0.1, 0.15) is 19.8 Å². The van der Waals surface area contributed by atoms with Crippen molar-refractivity contribution in [2.45, 2.75) is 19.8 Å². The molecule has 0 amide bonds. The van der Waals surface area contributed by atoms with Crippen LogP contribution in [0.3, 0.4) is 0 Å². The minimum absolute atomic E-state index is 0.614. The second-order valence-corrected chi connectivity index (χ2v) is 3.61. The van der Waals surface area contributed by atoms with Crippen molar-refractivity contribution in [1.29, 1.82) is 0 Å². The number of pyridine rings is 1. The SMILES string of the molecule is CCCCOc1ncc(N)cc1Br. The summed E-state index contributed by atoms with van der Waals surface area (Å²) in [6.45, 7) is 2.82. The van der Waals surface area contributed by atoms with Crippen LogP contribution in [0.15, 0.2) is 16.7 Å². The van der Waals surface area contributed by atoms with Crippen molar-refractivity contribution in [3.8, 4) is 5.88 Å². The molecule has 0 atom stereocenters. The molecule has 0 aliphatic carbocycles. The molecule has 0 aliphatic rings. The summed E-state index contributed by atoms with van der Waals surface area (Å²) in [6.07, 6.45) is 3.75. The van der Waals surface area contributed by atoms with Crippen LogP contribution in [-0.2, 0) is 0 Å². The van der Waals surface area contributed by atoms with E-state index in [2.05, 4.69) is 27.8 Å². The van der Waals surface area contributed by atoms with Gasteiger partial charge in [0.1, 0.15) is 0 Å². The van der Waals surface area contributed by atoms with Crippen LogP contribution < -0.4 is 10.5 Å². The molecule has 0 aromatic carbocycles. The minimum atomic E-state index is 0.614. The Balaban J connectivity index is 2.56. The maximum Gasteiger partial charge on any atom is 0.228 e. The predicted molar refractivity (Wildman–Crippen MR) is 56.8 cm³/mol. The molecule has 0 saturated carbocycles. The largest absolute Gasteiger partial charge is 0.477 e. The van der Waals surface area contributed by atoms with Gasteiger partial charge in [-0.3, -0.25) is 0 Å². The molecule has 0 spiro atoms. The zero-order chi connectivity index (χ0) is 9.68. The van der Waals surface area contributed by atoms with Crippen molar-refractivity contribution in [1.82, 2.24) is 4.98 Å². The van der Waals surface area contributed by atoms with E-state index in [0.29, 0.717) is 18.2 Å². The Labute approximate surface area is 86.4 Å². The number of unbranched alkanes of at least 4 members (excludes halogenated alkanes) is 1. The monoisotopic (exact) mass is 244 g/mol. The number of nitrogens with two attached hydrogens (primary N) is 1. The van der Waals surface area contributed by atoms with Gasteiger partial charge in [0.15, 0.2) is 0 Å². The summed E-state index contributed by atoms with van der Waals surface area (Å²) in [5, 5.41) is 0. The molecule has 4 heteroatoms. The van der Waals surface area contributed by atoms with Gasteiger partial charge in [-0.15, -0.1) is 0 Å². The number of rotatable bonds is 4. The maximum atomic E-state index is 5.53. The molecule has 1 aromatic heterocycles. The Morgan fingerprint density at radius 3 is 3.00 bits per heavy atom. The summed E-state index contributed by atoms with van der Waals surface area (Å²) in [6, 6.07) is 1.79. The van der Waals surface area contributed by atoms with Crippen LogP contribution in [0, 0.1) is 0 Å². The number of nitrogen functional groups attached to an aromatic ring is 1. The lowest BCUT2D eigenvalue weighted by molar-refractivity contribution is 0.296. The number of anilines is 1. The van der Waals surface area contributed by atoms with Crippen molar-refractivity contribution in [3.63, 3.8) is 0 Å². The molecule has 13 heavy (non-hydrogen) atoms. The lowest BCUT2D eigenvalue weighted by Crippen LogP contribution is -1.99. The molecule has 0 unspecified atom stereocenters. The Kier molecular flexibility index (Phi) is 4.02. The van der Waals surface area contributed by atoms with Crippen LogP contribution in [0.4, 0.5) is 5.69 Å². The number of hydrogen-bond donors (Lipinski definition) is 1. The van der Waals surface area contributed by atoms with E-state index in [1.54, 1.807) is 12.3 Å². The van der Waals surface area contributed by atoms with E-state index in [4.69, 9.17) is 10.5 Å². The molecule has 0 fully saturated rings. The third-order valence-corrected chi connectivity index (χ3v) is 2.13. The highest BCUT2D eigenvalue weighted by Gasteiger charge is 2.01. The van der Waals surface area contributed by atoms with Crippen LogP contribution in [-0.4, -0.2) is 11.6 Å². The second-order valence-electron chi connectivity index (χ2n) is 2.76. The quantitative estimate of drug-likeness (QED) is 0.829. The summed E-state index contributed by atoms with van der Waals surface area (Å²) in [4.78, 5) is 4.06. The number of ether oxygens (including phenoxy) is 1. The Bertz CT molecular complexity index is 278. The average molecular weight is 245 g/mol. The van der Waals surface area contributed by atoms with Gasteiger partial charge >= 0.3 is 0 Å². The fourth-order valence-corrected chi connectivity index (χ4v) is 1.34. The van der Waals surface area contributed by atoms with Gasteiger partial charge in [-0.05, 0) is 28.4 Å². The third-order valence-electron chi connectivity index (χ3n) is 1.57. The smallest absolute Gasteiger partial charge is 0.228 e. The molecule has 72 valence electrons. The van der Waals surface area contributed by atoms with E-state index in [0.717, 1.165) is 17.3 Å². The topological polar surface area (TPSA) is 48.1 Å². The van der Waals surface area contributed by atoms with E-state index >= 15 is 0 Å². The Morgan fingerprint density at radius 2 is 2.38 bits per heavy atom. The molecule has 0 bridgehead atoms. The fraction of sp³-hybridized carbons (Fsp3) is 0.444. The van der Waals surface area contributed by atoms with Gasteiger partial charge in [0.25, 0.3) is 0 Å². The van der Waals surface area contributed by atoms with Crippen molar-refractivity contribution < 1.29 is 4.74 Å². The third kappa shape index (κ3) is 3.22. The van der Waals surface area contributed by atoms with Crippen molar-refractivity contribution >= 4 is 21.6 Å². The van der Waals surface area contributed by atoms with E-state index in [-0.39, 0.29) is 0 Å². The van der Waals surface area contributed by atoms with Gasteiger partial charge in [0, 0.05) is 0 Å². The van der Waals surface area contributed by atoms with E-state index < -0.39 is 0 Å². The van der Waals surface area contributed by atoms with Gasteiger partial charge < -0.3 is 10.5 Å². The van der Waals surface area contributed by atoms with Crippen molar-refractivity contribution in [3.05, 3.63) is 16.7 Å². The lowest BCUT2D eigenvalue weighted by Gasteiger charge is -2.06. The number of aromatic nitrogens is 1. The highest BCUT2D eigenvalue weighted by Crippen LogP contribution is 2.23. The predicted octanol–water partition coefficient (Wildman–Crippen LogP) is 2.61. The Hall–Kier alpha value is -0.770. The summed E-state index contributed by atoms with van der Waals surface area (Å²) < 4.78 is 6.23. The highest BCUT2D eigenvalue weighted by molar-refractivity contribution is 9.10. The van der Waals surface area contributed by atoms with Gasteiger partial charge in [-0.1, -0.05) is 13.3 Å². The molecule has 1 heterocycles. The molecule has 1 rings (SSSR count). The first-order chi connectivity index (χ1) is 6.24. The lowest BCUT2D eigenvalue weighted by atomic mass is 10.4. The van der Waals surface area contributed by atoms with Gasteiger partial charge in [-0.2, -0.15) is 0 Å². The molecule has 2 N–H and O–H groups in total. The van der Waals surface area contributed by atoms with Gasteiger partial charge in [0.2, 0.25) is 5.88 Å². The minimum Gasteiger partial charge on any atom is -0.477 e. The number of nitrogens with zero attached hydrogens (tertiary/aromatic N) is 1. The van der Waals surface area contributed by atoms with Crippen molar-refractivity contribution in [2.75, 3.05) is 12.3 Å². The zero-order valence-electron chi connectivity index (χ0n) is 7.59. The molecule has 0 radical (unpaired) electrons. The van der Waals surface area contributed by atoms with E-state index in [1.807, 2.05) is 0 Å². The van der Waals surface area contributed by atoms with E-state index in [9.17, 15) is 0 Å². The zero-order valence-corrected chi connectivity index (χ0v) is 9.17. The first-order valence-electron chi connectivity index (χ1n) is 4.28. The van der Waals surface area contributed by atoms with Gasteiger partial charge in [0.05, 0.1) is 23.0 Å². The number of halogens is 1. The molecule has 0 aliphatic heterocycles. The first kappa shape index (κ1) is 10.3. The standard InChI is InChI=1S/C9H13BrN2O/c1-2-3-4-13-9-8(10)5-7(11)6-12-9/h5-6H,2-4,11H2,1H3. The number of hydrogen-bond acceptors (Lipinski definition) is 3. The van der Waals surface area contributed by atoms with E-state index in [1.165, 1.54) is 0 Å². The molecule has 1 aromatic rings. The molecular formula is C9H13BrN2O. The summed E-state index contributed by atoms with van der Waals surface area (Å²) in [5.41, 5.74) is 6.17. The molecular weight excluding hydrogens is 232 g/mol. The Morgan fingerprint density at radius 1 is 1.62 bits per heavy atom. The van der Waals surface area contributed by atoms with Crippen LogP contribution in [0.2, 0.25) is 0 Å². The molecule has 3 nitrogen and oxygen atoms in total.